The summed E-state index contributed by atoms with van der Waals surface area (Å²) in [5, 5.41) is 11.3. The van der Waals surface area contributed by atoms with Gasteiger partial charge in [-0.3, -0.25) is 4.90 Å². The highest BCUT2D eigenvalue weighted by molar-refractivity contribution is 7.09. The summed E-state index contributed by atoms with van der Waals surface area (Å²) < 4.78 is 5.49. The maximum atomic E-state index is 12.4. The van der Waals surface area contributed by atoms with Crippen molar-refractivity contribution >= 4 is 17.4 Å². The molecule has 5 heteroatoms. The molecule has 0 aliphatic carbocycles. The maximum Gasteiger partial charge on any atom is 0.410 e. The fraction of sp³-hybridized carbons (Fsp3) is 0.353. The van der Waals surface area contributed by atoms with Crippen molar-refractivity contribution < 1.29 is 14.6 Å². The average molecular weight is 319 g/mol. The Morgan fingerprint density at radius 1 is 1.18 bits per heavy atom. The summed E-state index contributed by atoms with van der Waals surface area (Å²) in [5.74, 6) is 0.214. The topological polar surface area (TPSA) is 49.8 Å². The van der Waals surface area contributed by atoms with Crippen molar-refractivity contribution in [3.05, 3.63) is 52.2 Å². The van der Waals surface area contributed by atoms with Gasteiger partial charge in [0.25, 0.3) is 0 Å². The first-order valence-corrected chi connectivity index (χ1v) is 8.00. The second-order valence-corrected chi connectivity index (χ2v) is 7.11. The SMILES string of the molecule is CC(C)(C)OC(=O)N(Cc1ccc(O)cc1)Cc1cccs1. The molecule has 0 atom stereocenters. The molecule has 0 spiro atoms. The van der Waals surface area contributed by atoms with Gasteiger partial charge in [0.05, 0.1) is 6.54 Å². The van der Waals surface area contributed by atoms with Gasteiger partial charge < -0.3 is 9.84 Å². The van der Waals surface area contributed by atoms with Crippen LogP contribution >= 0.6 is 11.3 Å². The van der Waals surface area contributed by atoms with Crippen molar-refractivity contribution in [2.75, 3.05) is 0 Å². The van der Waals surface area contributed by atoms with Crippen molar-refractivity contribution in [2.24, 2.45) is 0 Å². The number of thiophene rings is 1. The highest BCUT2D eigenvalue weighted by Gasteiger charge is 2.22. The van der Waals surface area contributed by atoms with Gasteiger partial charge in [-0.15, -0.1) is 11.3 Å². The van der Waals surface area contributed by atoms with Crippen LogP contribution in [0, 0.1) is 0 Å². The highest BCUT2D eigenvalue weighted by atomic mass is 32.1. The number of aromatic hydroxyl groups is 1. The van der Waals surface area contributed by atoms with Gasteiger partial charge in [0.2, 0.25) is 0 Å². The van der Waals surface area contributed by atoms with Crippen LogP contribution in [0.3, 0.4) is 0 Å². The lowest BCUT2D eigenvalue weighted by Crippen LogP contribution is -2.35. The summed E-state index contributed by atoms with van der Waals surface area (Å²) in [5.41, 5.74) is 0.417. The van der Waals surface area contributed by atoms with E-state index in [0.717, 1.165) is 10.4 Å². The van der Waals surface area contributed by atoms with Gasteiger partial charge in [-0.2, -0.15) is 0 Å². The summed E-state index contributed by atoms with van der Waals surface area (Å²) in [6, 6.07) is 10.8. The number of rotatable bonds is 4. The predicted molar refractivity (Wildman–Crippen MR) is 87.9 cm³/mol. The lowest BCUT2D eigenvalue weighted by atomic mass is 10.2. The fourth-order valence-electron chi connectivity index (χ4n) is 1.92. The normalized spacial score (nSPS) is 11.2. The molecule has 1 N–H and O–H groups in total. The van der Waals surface area contributed by atoms with Gasteiger partial charge in [-0.05, 0) is 49.9 Å². The number of carbonyl (C=O) groups is 1. The van der Waals surface area contributed by atoms with Gasteiger partial charge in [-0.25, -0.2) is 4.79 Å². The molecule has 0 aliphatic rings. The van der Waals surface area contributed by atoms with E-state index in [2.05, 4.69) is 0 Å². The number of hydrogen-bond acceptors (Lipinski definition) is 4. The summed E-state index contributed by atoms with van der Waals surface area (Å²) in [7, 11) is 0. The molecule has 1 amide bonds. The largest absolute Gasteiger partial charge is 0.508 e. The number of nitrogens with zero attached hydrogens (tertiary/aromatic N) is 1. The molecule has 4 nitrogen and oxygen atoms in total. The van der Waals surface area contributed by atoms with Crippen LogP contribution in [0.1, 0.15) is 31.2 Å². The van der Waals surface area contributed by atoms with Gasteiger partial charge in [0, 0.05) is 11.4 Å². The number of phenols is 1. The Labute approximate surface area is 135 Å². The molecular formula is C17H21NO3S. The monoisotopic (exact) mass is 319 g/mol. The third-order valence-corrected chi connectivity index (χ3v) is 3.75. The maximum absolute atomic E-state index is 12.4. The zero-order chi connectivity index (χ0) is 16.2. The molecule has 0 bridgehead atoms. The fourth-order valence-corrected chi connectivity index (χ4v) is 2.64. The quantitative estimate of drug-likeness (QED) is 0.909. The van der Waals surface area contributed by atoms with E-state index < -0.39 is 5.60 Å². The standard InChI is InChI=1S/C17H21NO3S/c1-17(2,3)21-16(20)18(12-15-5-4-10-22-15)11-13-6-8-14(19)9-7-13/h4-10,19H,11-12H2,1-3H3. The Morgan fingerprint density at radius 2 is 1.86 bits per heavy atom. The molecule has 1 heterocycles. The van der Waals surface area contributed by atoms with Crippen LogP contribution in [-0.2, 0) is 17.8 Å². The molecule has 0 radical (unpaired) electrons. The van der Waals surface area contributed by atoms with E-state index in [0.29, 0.717) is 13.1 Å². The first-order valence-electron chi connectivity index (χ1n) is 7.12. The van der Waals surface area contributed by atoms with Crippen LogP contribution in [-0.4, -0.2) is 21.7 Å². The molecule has 2 rings (SSSR count). The third kappa shape index (κ3) is 5.07. The van der Waals surface area contributed by atoms with Crippen LogP contribution in [0.4, 0.5) is 4.79 Å². The smallest absolute Gasteiger partial charge is 0.410 e. The Balaban J connectivity index is 2.13. The number of hydrogen-bond donors (Lipinski definition) is 1. The van der Waals surface area contributed by atoms with Crippen molar-refractivity contribution in [1.29, 1.82) is 0 Å². The van der Waals surface area contributed by atoms with Crippen molar-refractivity contribution in [3.8, 4) is 5.75 Å². The Morgan fingerprint density at radius 3 is 2.41 bits per heavy atom. The Kier molecular flexibility index (Phi) is 5.08. The minimum absolute atomic E-state index is 0.214. The molecule has 1 aromatic carbocycles. The van der Waals surface area contributed by atoms with Crippen LogP contribution in [0.5, 0.6) is 5.75 Å². The van der Waals surface area contributed by atoms with Gasteiger partial charge in [0.1, 0.15) is 11.4 Å². The van der Waals surface area contributed by atoms with E-state index in [9.17, 15) is 9.90 Å². The molecule has 0 saturated heterocycles. The van der Waals surface area contributed by atoms with E-state index in [1.807, 2.05) is 38.3 Å². The molecule has 118 valence electrons. The van der Waals surface area contributed by atoms with Crippen LogP contribution in [0.15, 0.2) is 41.8 Å². The molecule has 0 fully saturated rings. The van der Waals surface area contributed by atoms with E-state index in [1.54, 1.807) is 40.5 Å². The third-order valence-electron chi connectivity index (χ3n) is 2.89. The molecule has 0 unspecified atom stereocenters. The van der Waals surface area contributed by atoms with Gasteiger partial charge in [-0.1, -0.05) is 18.2 Å². The molecule has 22 heavy (non-hydrogen) atoms. The zero-order valence-corrected chi connectivity index (χ0v) is 13.9. The Bertz CT molecular complexity index is 600. The number of ether oxygens (including phenoxy) is 1. The number of phenolic OH excluding ortho intramolecular Hbond substituents is 1. The van der Waals surface area contributed by atoms with Crippen LogP contribution in [0.2, 0.25) is 0 Å². The van der Waals surface area contributed by atoms with Crippen molar-refractivity contribution in [1.82, 2.24) is 4.90 Å². The lowest BCUT2D eigenvalue weighted by molar-refractivity contribution is 0.0218. The van der Waals surface area contributed by atoms with Crippen molar-refractivity contribution in [2.45, 2.75) is 39.5 Å². The van der Waals surface area contributed by atoms with Gasteiger partial charge in [0.15, 0.2) is 0 Å². The second kappa shape index (κ2) is 6.83. The molecule has 0 saturated carbocycles. The number of benzene rings is 1. The van der Waals surface area contributed by atoms with E-state index in [1.165, 1.54) is 0 Å². The molecular weight excluding hydrogens is 298 g/mol. The van der Waals surface area contributed by atoms with E-state index >= 15 is 0 Å². The van der Waals surface area contributed by atoms with E-state index in [4.69, 9.17) is 4.74 Å². The first-order chi connectivity index (χ1) is 10.3. The van der Waals surface area contributed by atoms with Crippen molar-refractivity contribution in [3.63, 3.8) is 0 Å². The minimum Gasteiger partial charge on any atom is -0.508 e. The molecule has 0 aliphatic heterocycles. The second-order valence-electron chi connectivity index (χ2n) is 6.08. The predicted octanol–water partition coefficient (Wildman–Crippen LogP) is 4.39. The van der Waals surface area contributed by atoms with Crippen LogP contribution in [0.25, 0.3) is 0 Å². The highest BCUT2D eigenvalue weighted by Crippen LogP contribution is 2.19. The number of carbonyl (C=O) groups excluding carboxylic acids is 1. The summed E-state index contributed by atoms with van der Waals surface area (Å²) in [6.07, 6.45) is -0.339. The minimum atomic E-state index is -0.528. The molecule has 2 aromatic rings. The zero-order valence-electron chi connectivity index (χ0n) is 13.1. The van der Waals surface area contributed by atoms with Crippen LogP contribution < -0.4 is 0 Å². The summed E-state index contributed by atoms with van der Waals surface area (Å²) >= 11 is 1.61. The van der Waals surface area contributed by atoms with Gasteiger partial charge >= 0.3 is 6.09 Å². The van der Waals surface area contributed by atoms with E-state index in [-0.39, 0.29) is 11.8 Å². The average Bonchev–Trinajstić information content (AvgIpc) is 2.91. The molecule has 1 aromatic heterocycles. The first kappa shape index (κ1) is 16.4. The number of amides is 1. The summed E-state index contributed by atoms with van der Waals surface area (Å²) in [4.78, 5) is 15.2. The lowest BCUT2D eigenvalue weighted by Gasteiger charge is -2.27. The summed E-state index contributed by atoms with van der Waals surface area (Å²) in [6.45, 7) is 6.51. The Hall–Kier alpha value is -2.01.